The van der Waals surface area contributed by atoms with Crippen LogP contribution in [0.1, 0.15) is 25.3 Å². The van der Waals surface area contributed by atoms with Crippen LogP contribution in [0.25, 0.3) is 5.57 Å². The van der Waals surface area contributed by atoms with Crippen molar-refractivity contribution < 1.29 is 28.5 Å². The predicted octanol–water partition coefficient (Wildman–Crippen LogP) is 2.18. The Morgan fingerprint density at radius 2 is 1.53 bits per heavy atom. The molecule has 1 aromatic carbocycles. The van der Waals surface area contributed by atoms with Crippen LogP contribution >= 0.6 is 0 Å². The van der Waals surface area contributed by atoms with Crippen molar-refractivity contribution in [1.82, 2.24) is 9.80 Å². The molecule has 0 aliphatic carbocycles. The Morgan fingerprint density at radius 3 is 2.07 bits per heavy atom. The monoisotopic (exact) mass is 420 g/mol. The zero-order valence-corrected chi connectivity index (χ0v) is 18.5. The third kappa shape index (κ3) is 5.12. The van der Waals surface area contributed by atoms with Crippen LogP contribution in [0.15, 0.2) is 23.9 Å². The van der Waals surface area contributed by atoms with Gasteiger partial charge < -0.3 is 23.8 Å². The maximum Gasteiger partial charge on any atom is 0.277 e. The molecule has 0 saturated heterocycles. The number of rotatable bonds is 13. The van der Waals surface area contributed by atoms with Gasteiger partial charge >= 0.3 is 0 Å². The van der Waals surface area contributed by atoms with Crippen LogP contribution in [0.4, 0.5) is 0 Å². The van der Waals surface area contributed by atoms with Crippen molar-refractivity contribution in [2.75, 3.05) is 61.3 Å². The summed E-state index contributed by atoms with van der Waals surface area (Å²) < 4.78 is 21.2. The van der Waals surface area contributed by atoms with Crippen molar-refractivity contribution in [3.05, 3.63) is 29.5 Å². The van der Waals surface area contributed by atoms with Gasteiger partial charge in [-0.25, -0.2) is 0 Å². The van der Waals surface area contributed by atoms with Crippen LogP contribution in [0.5, 0.6) is 11.5 Å². The zero-order chi connectivity index (χ0) is 22.1. The van der Waals surface area contributed by atoms with E-state index in [0.29, 0.717) is 61.2 Å². The second-order valence-electron chi connectivity index (χ2n) is 6.88. The number of methoxy groups -OCH3 is 4. The summed E-state index contributed by atoms with van der Waals surface area (Å²) in [6.45, 7) is 4.18. The van der Waals surface area contributed by atoms with E-state index in [0.717, 1.165) is 12.8 Å². The molecule has 0 radical (unpaired) electrons. The highest BCUT2D eigenvalue weighted by molar-refractivity contribution is 6.35. The third-order valence-corrected chi connectivity index (χ3v) is 5.00. The fraction of sp³-hybridized carbons (Fsp3) is 0.545. The van der Waals surface area contributed by atoms with E-state index in [9.17, 15) is 9.59 Å². The zero-order valence-electron chi connectivity index (χ0n) is 18.5. The van der Waals surface area contributed by atoms with Gasteiger partial charge in [-0.3, -0.25) is 14.5 Å². The molecule has 0 N–H and O–H groups in total. The van der Waals surface area contributed by atoms with Gasteiger partial charge in [0.25, 0.3) is 11.8 Å². The molecule has 2 amide bonds. The van der Waals surface area contributed by atoms with E-state index in [1.54, 1.807) is 39.5 Å². The van der Waals surface area contributed by atoms with Gasteiger partial charge in [0.15, 0.2) is 11.5 Å². The van der Waals surface area contributed by atoms with Crippen molar-refractivity contribution in [2.45, 2.75) is 19.8 Å². The average molecular weight is 421 g/mol. The second kappa shape index (κ2) is 11.6. The van der Waals surface area contributed by atoms with Crippen LogP contribution < -0.4 is 9.47 Å². The van der Waals surface area contributed by atoms with Gasteiger partial charge in [-0.15, -0.1) is 0 Å². The molecule has 1 heterocycles. The van der Waals surface area contributed by atoms with Gasteiger partial charge in [-0.2, -0.15) is 0 Å². The molecule has 30 heavy (non-hydrogen) atoms. The number of unbranched alkanes of at least 4 members (excludes halogenated alkanes) is 1. The summed E-state index contributed by atoms with van der Waals surface area (Å²) in [4.78, 5) is 29.8. The summed E-state index contributed by atoms with van der Waals surface area (Å²) in [6, 6.07) is 5.24. The minimum atomic E-state index is -0.296. The molecule has 8 heteroatoms. The molecule has 0 fully saturated rings. The van der Waals surface area contributed by atoms with E-state index in [1.165, 1.54) is 12.0 Å². The average Bonchev–Trinajstić information content (AvgIpc) is 3.01. The largest absolute Gasteiger partial charge is 0.493 e. The smallest absolute Gasteiger partial charge is 0.277 e. The van der Waals surface area contributed by atoms with Crippen LogP contribution in [0.2, 0.25) is 0 Å². The Morgan fingerprint density at radius 1 is 0.900 bits per heavy atom. The maximum atomic E-state index is 13.3. The summed E-state index contributed by atoms with van der Waals surface area (Å²) in [5.41, 5.74) is 1.35. The Kier molecular flexibility index (Phi) is 9.14. The highest BCUT2D eigenvalue weighted by atomic mass is 16.5. The number of carbonyl (C=O) groups excluding carboxylic acids is 2. The minimum absolute atomic E-state index is 0.287. The lowest BCUT2D eigenvalue weighted by Gasteiger charge is -2.25. The third-order valence-electron chi connectivity index (χ3n) is 5.00. The van der Waals surface area contributed by atoms with Gasteiger partial charge in [0, 0.05) is 33.9 Å². The molecular formula is C22H32N2O6. The summed E-state index contributed by atoms with van der Waals surface area (Å²) in [7, 11) is 6.30. The number of ether oxygens (including phenoxy) is 4. The van der Waals surface area contributed by atoms with Gasteiger partial charge in [-0.1, -0.05) is 19.4 Å². The first-order valence-corrected chi connectivity index (χ1v) is 10.1. The van der Waals surface area contributed by atoms with E-state index < -0.39 is 0 Å². The molecule has 1 aromatic rings. The second-order valence-corrected chi connectivity index (χ2v) is 6.88. The van der Waals surface area contributed by atoms with E-state index in [4.69, 9.17) is 18.9 Å². The van der Waals surface area contributed by atoms with Crippen molar-refractivity contribution in [3.8, 4) is 11.5 Å². The molecule has 1 aliphatic rings. The molecule has 0 saturated carbocycles. The van der Waals surface area contributed by atoms with Gasteiger partial charge in [-0.05, 0) is 24.1 Å². The predicted molar refractivity (Wildman–Crippen MR) is 113 cm³/mol. The number of amides is 2. The quantitative estimate of drug-likeness (QED) is 0.453. The van der Waals surface area contributed by atoms with Crippen LogP contribution in [0.3, 0.4) is 0 Å². The summed E-state index contributed by atoms with van der Waals surface area (Å²) in [5.74, 6) is 0.467. The lowest BCUT2D eigenvalue weighted by Crippen LogP contribution is -2.38. The SMILES string of the molecule is CCCCN1C(=O)C(c2ccc(OC)c(OC)c2)=C(N(CCOC)CCOC)C1=O. The molecular weight excluding hydrogens is 388 g/mol. The van der Waals surface area contributed by atoms with Crippen LogP contribution in [-0.2, 0) is 19.1 Å². The van der Waals surface area contributed by atoms with Crippen LogP contribution in [0, 0.1) is 0 Å². The van der Waals surface area contributed by atoms with Gasteiger partial charge in [0.2, 0.25) is 0 Å². The van der Waals surface area contributed by atoms with E-state index in [1.807, 2.05) is 11.8 Å². The fourth-order valence-electron chi connectivity index (χ4n) is 3.37. The Labute approximate surface area is 178 Å². The molecule has 0 aromatic heterocycles. The summed E-state index contributed by atoms with van der Waals surface area (Å²) in [6.07, 6.45) is 1.63. The summed E-state index contributed by atoms with van der Waals surface area (Å²) in [5, 5.41) is 0. The molecule has 2 rings (SSSR count). The van der Waals surface area contributed by atoms with Gasteiger partial charge in [0.05, 0.1) is 33.0 Å². The van der Waals surface area contributed by atoms with Crippen molar-refractivity contribution in [2.24, 2.45) is 0 Å². The minimum Gasteiger partial charge on any atom is -0.493 e. The number of imide groups is 1. The lowest BCUT2D eigenvalue weighted by molar-refractivity contribution is -0.137. The van der Waals surface area contributed by atoms with Crippen molar-refractivity contribution in [1.29, 1.82) is 0 Å². The van der Waals surface area contributed by atoms with E-state index in [-0.39, 0.29) is 11.8 Å². The molecule has 0 bridgehead atoms. The van der Waals surface area contributed by atoms with Crippen LogP contribution in [-0.4, -0.2) is 82.9 Å². The standard InChI is InChI=1S/C22H32N2O6/c1-6-7-10-24-21(25)19(16-8-9-17(29-4)18(15-16)30-5)20(22(24)26)23(11-13-27-2)12-14-28-3/h8-9,15H,6-7,10-14H2,1-5H3. The Bertz CT molecular complexity index is 769. The molecule has 1 aliphatic heterocycles. The molecule has 8 nitrogen and oxygen atoms in total. The highest BCUT2D eigenvalue weighted by Gasteiger charge is 2.41. The molecule has 0 unspecified atom stereocenters. The van der Waals surface area contributed by atoms with E-state index >= 15 is 0 Å². The Hall–Kier alpha value is -2.58. The normalized spacial score (nSPS) is 14.0. The number of hydrogen-bond acceptors (Lipinski definition) is 7. The molecule has 0 spiro atoms. The topological polar surface area (TPSA) is 77.5 Å². The maximum absolute atomic E-state index is 13.3. The first kappa shape index (κ1) is 23.7. The number of carbonyl (C=O) groups is 2. The van der Waals surface area contributed by atoms with Crippen molar-refractivity contribution in [3.63, 3.8) is 0 Å². The molecule has 166 valence electrons. The number of hydrogen-bond donors (Lipinski definition) is 0. The van der Waals surface area contributed by atoms with Gasteiger partial charge in [0.1, 0.15) is 5.70 Å². The first-order valence-electron chi connectivity index (χ1n) is 10.1. The molecule has 0 atom stereocenters. The lowest BCUT2D eigenvalue weighted by atomic mass is 10.0. The highest BCUT2D eigenvalue weighted by Crippen LogP contribution is 2.36. The van der Waals surface area contributed by atoms with E-state index in [2.05, 4.69) is 0 Å². The number of nitrogens with zero attached hydrogens (tertiary/aromatic N) is 2. The number of benzene rings is 1. The van der Waals surface area contributed by atoms with Crippen molar-refractivity contribution >= 4 is 17.4 Å². The Balaban J connectivity index is 2.58. The fourth-order valence-corrected chi connectivity index (χ4v) is 3.37. The summed E-state index contributed by atoms with van der Waals surface area (Å²) >= 11 is 0. The first-order chi connectivity index (χ1) is 14.5.